The lowest BCUT2D eigenvalue weighted by molar-refractivity contribution is -0.105. The molecule has 2 aromatic heterocycles. The zero-order valence-corrected chi connectivity index (χ0v) is 13.3. The van der Waals surface area contributed by atoms with E-state index in [0.717, 1.165) is 28.1 Å². The highest BCUT2D eigenvalue weighted by molar-refractivity contribution is 6.30. The van der Waals surface area contributed by atoms with Crippen LogP contribution in [0.4, 0.5) is 5.69 Å². The summed E-state index contributed by atoms with van der Waals surface area (Å²) in [5.74, 6) is 0.748. The van der Waals surface area contributed by atoms with E-state index < -0.39 is 0 Å². The molecule has 0 aliphatic rings. The van der Waals surface area contributed by atoms with Gasteiger partial charge in [0.25, 0.3) is 0 Å². The van der Waals surface area contributed by atoms with Crippen molar-refractivity contribution in [1.82, 2.24) is 14.5 Å². The van der Waals surface area contributed by atoms with Gasteiger partial charge in [0.1, 0.15) is 11.3 Å². The molecule has 0 atom stereocenters. The van der Waals surface area contributed by atoms with Gasteiger partial charge in [-0.25, -0.2) is 4.98 Å². The van der Waals surface area contributed by atoms with Gasteiger partial charge in [0.05, 0.1) is 11.2 Å². The monoisotopic (exact) mass is 336 g/mol. The molecule has 0 aliphatic carbocycles. The Labute approximate surface area is 142 Å². The first-order valence-corrected chi connectivity index (χ1v) is 7.75. The van der Waals surface area contributed by atoms with Gasteiger partial charge >= 0.3 is 0 Å². The Morgan fingerprint density at radius 1 is 1.12 bits per heavy atom. The van der Waals surface area contributed by atoms with Crippen LogP contribution in [0.15, 0.2) is 60.9 Å². The molecule has 118 valence electrons. The Balaban J connectivity index is 1.74. The van der Waals surface area contributed by atoms with Crippen LogP contribution < -0.4 is 5.32 Å². The van der Waals surface area contributed by atoms with Gasteiger partial charge < -0.3 is 14.9 Å². The van der Waals surface area contributed by atoms with E-state index in [-0.39, 0.29) is 0 Å². The molecular weight excluding hydrogens is 324 g/mol. The number of nitrogens with zero attached hydrogens (tertiary/aromatic N) is 2. The number of carbonyl (C=O) groups excluding carboxylic acids is 1. The van der Waals surface area contributed by atoms with Crippen LogP contribution in [0.1, 0.15) is 0 Å². The highest BCUT2D eigenvalue weighted by atomic mass is 35.5. The number of aromatic nitrogens is 3. The van der Waals surface area contributed by atoms with Gasteiger partial charge in [0, 0.05) is 28.7 Å². The highest BCUT2D eigenvalue weighted by Crippen LogP contribution is 2.26. The van der Waals surface area contributed by atoms with Crippen molar-refractivity contribution in [3.05, 3.63) is 65.9 Å². The molecule has 2 N–H and O–H groups in total. The van der Waals surface area contributed by atoms with Crippen LogP contribution in [0.5, 0.6) is 0 Å². The van der Waals surface area contributed by atoms with Gasteiger partial charge in [-0.05, 0) is 42.5 Å². The summed E-state index contributed by atoms with van der Waals surface area (Å²) in [6.45, 7) is 0. The molecule has 0 bridgehead atoms. The average molecular weight is 337 g/mol. The summed E-state index contributed by atoms with van der Waals surface area (Å²) >= 11 is 5.93. The summed E-state index contributed by atoms with van der Waals surface area (Å²) in [4.78, 5) is 18.6. The Morgan fingerprint density at radius 3 is 2.75 bits per heavy atom. The van der Waals surface area contributed by atoms with E-state index in [4.69, 9.17) is 11.6 Å². The van der Waals surface area contributed by atoms with Crippen LogP contribution in [-0.2, 0) is 4.79 Å². The first-order valence-electron chi connectivity index (χ1n) is 7.38. The van der Waals surface area contributed by atoms with Crippen molar-refractivity contribution in [3.63, 3.8) is 0 Å². The van der Waals surface area contributed by atoms with E-state index in [9.17, 15) is 4.79 Å². The van der Waals surface area contributed by atoms with Crippen LogP contribution in [0.25, 0.3) is 28.1 Å². The third-order valence-electron chi connectivity index (χ3n) is 3.82. The molecular formula is C18H13ClN4O. The lowest BCUT2D eigenvalue weighted by Crippen LogP contribution is -1.93. The second-order valence-electron chi connectivity index (χ2n) is 5.33. The number of anilines is 1. The van der Waals surface area contributed by atoms with Crippen molar-refractivity contribution in [2.45, 2.75) is 0 Å². The molecule has 0 saturated carbocycles. The van der Waals surface area contributed by atoms with Gasteiger partial charge in [-0.15, -0.1) is 0 Å². The van der Waals surface area contributed by atoms with Crippen LogP contribution in [0.3, 0.4) is 0 Å². The fourth-order valence-corrected chi connectivity index (χ4v) is 2.79. The largest absolute Gasteiger partial charge is 0.338 e. The molecule has 0 radical (unpaired) electrons. The molecule has 1 amide bonds. The maximum atomic E-state index is 10.7. The zero-order chi connectivity index (χ0) is 16.5. The molecule has 5 nitrogen and oxygen atoms in total. The Morgan fingerprint density at radius 2 is 1.96 bits per heavy atom. The second kappa shape index (κ2) is 5.86. The number of hydrogen-bond acceptors (Lipinski definition) is 2. The minimum absolute atomic E-state index is 0.653. The Kier molecular flexibility index (Phi) is 3.55. The number of halogens is 1. The van der Waals surface area contributed by atoms with Crippen molar-refractivity contribution in [1.29, 1.82) is 0 Å². The first kappa shape index (κ1) is 14.5. The topological polar surface area (TPSA) is 62.7 Å². The number of benzene rings is 2. The number of hydrogen-bond donors (Lipinski definition) is 2. The zero-order valence-electron chi connectivity index (χ0n) is 12.5. The molecule has 4 aromatic rings. The molecule has 0 fully saturated rings. The van der Waals surface area contributed by atoms with E-state index in [2.05, 4.69) is 15.3 Å². The summed E-state index contributed by atoms with van der Waals surface area (Å²) in [5.41, 5.74) is 4.26. The molecule has 24 heavy (non-hydrogen) atoms. The molecule has 0 aliphatic heterocycles. The maximum Gasteiger partial charge on any atom is 0.211 e. The lowest BCUT2D eigenvalue weighted by atomic mass is 10.3. The number of H-pyrrole nitrogens is 1. The normalized spacial score (nSPS) is 10.9. The van der Waals surface area contributed by atoms with Gasteiger partial charge in [-0.2, -0.15) is 0 Å². The van der Waals surface area contributed by atoms with E-state index in [0.29, 0.717) is 17.1 Å². The summed E-state index contributed by atoms with van der Waals surface area (Å²) in [7, 11) is 0. The molecule has 4 rings (SSSR count). The van der Waals surface area contributed by atoms with Crippen molar-refractivity contribution in [3.8, 4) is 17.1 Å². The van der Waals surface area contributed by atoms with Crippen molar-refractivity contribution in [2.75, 3.05) is 5.32 Å². The third kappa shape index (κ3) is 2.55. The van der Waals surface area contributed by atoms with E-state index in [1.54, 1.807) is 0 Å². The van der Waals surface area contributed by atoms with Crippen molar-refractivity contribution < 1.29 is 4.79 Å². The predicted molar refractivity (Wildman–Crippen MR) is 95.6 cm³/mol. The number of rotatable bonds is 4. The Bertz CT molecular complexity index is 1020. The van der Waals surface area contributed by atoms with Gasteiger partial charge in [-0.1, -0.05) is 17.7 Å². The smallest absolute Gasteiger partial charge is 0.211 e. The number of carbonyl (C=O) groups is 1. The number of imidazole rings is 1. The average Bonchev–Trinajstić information content (AvgIpc) is 3.23. The lowest BCUT2D eigenvalue weighted by Gasteiger charge is -2.01. The van der Waals surface area contributed by atoms with Gasteiger partial charge in [0.2, 0.25) is 6.41 Å². The maximum absolute atomic E-state index is 10.7. The standard InChI is InChI=1S/C18H13ClN4O/c19-13-4-6-14(7-5-13)23-9-8-12(10-23)18-21-16-3-1-2-15(20-11-24)17(16)22-18/h1-11H,(H,20,24)(H,21,22). The molecule has 0 unspecified atom stereocenters. The third-order valence-corrected chi connectivity index (χ3v) is 4.07. The van der Waals surface area contributed by atoms with E-state index in [1.807, 2.05) is 65.5 Å². The number of para-hydroxylation sites is 1. The Hall–Kier alpha value is -3.05. The van der Waals surface area contributed by atoms with Gasteiger partial charge in [-0.3, -0.25) is 4.79 Å². The fourth-order valence-electron chi connectivity index (χ4n) is 2.66. The summed E-state index contributed by atoms with van der Waals surface area (Å²) in [6, 6.07) is 15.2. The number of amides is 1. The van der Waals surface area contributed by atoms with Crippen LogP contribution >= 0.6 is 11.6 Å². The summed E-state index contributed by atoms with van der Waals surface area (Å²) in [5, 5.41) is 3.38. The second-order valence-corrected chi connectivity index (χ2v) is 5.77. The quantitative estimate of drug-likeness (QED) is 0.547. The van der Waals surface area contributed by atoms with Crippen molar-refractivity contribution >= 4 is 34.7 Å². The van der Waals surface area contributed by atoms with Gasteiger partial charge in [0.15, 0.2) is 0 Å². The summed E-state index contributed by atoms with van der Waals surface area (Å²) < 4.78 is 2.00. The highest BCUT2D eigenvalue weighted by Gasteiger charge is 2.10. The SMILES string of the molecule is O=CNc1cccc2[nH]c(-c3ccn(-c4ccc(Cl)cc4)c3)nc12. The molecule has 6 heteroatoms. The fraction of sp³-hybridized carbons (Fsp3) is 0. The predicted octanol–water partition coefficient (Wildman–Crippen LogP) is 4.24. The molecule has 0 saturated heterocycles. The number of aromatic amines is 1. The van der Waals surface area contributed by atoms with E-state index in [1.165, 1.54) is 0 Å². The molecule has 0 spiro atoms. The van der Waals surface area contributed by atoms with Crippen LogP contribution in [0.2, 0.25) is 5.02 Å². The van der Waals surface area contributed by atoms with Crippen LogP contribution in [0, 0.1) is 0 Å². The van der Waals surface area contributed by atoms with E-state index >= 15 is 0 Å². The number of fused-ring (bicyclic) bond motifs is 1. The summed E-state index contributed by atoms with van der Waals surface area (Å²) in [6.07, 6.45) is 4.62. The minimum atomic E-state index is 0.653. The minimum Gasteiger partial charge on any atom is -0.338 e. The first-order chi connectivity index (χ1) is 11.7. The number of nitrogens with one attached hydrogen (secondary N) is 2. The molecule has 2 heterocycles. The van der Waals surface area contributed by atoms with Crippen LogP contribution in [-0.4, -0.2) is 20.9 Å². The van der Waals surface area contributed by atoms with Crippen molar-refractivity contribution in [2.24, 2.45) is 0 Å². The molecule has 2 aromatic carbocycles.